The van der Waals surface area contributed by atoms with Crippen molar-refractivity contribution < 1.29 is 4.74 Å². The van der Waals surface area contributed by atoms with Gasteiger partial charge in [-0.05, 0) is 30.5 Å². The molecule has 0 aliphatic heterocycles. The zero-order chi connectivity index (χ0) is 14.8. The molecule has 0 bridgehead atoms. The van der Waals surface area contributed by atoms with E-state index < -0.39 is 0 Å². The zero-order valence-electron chi connectivity index (χ0n) is 12.0. The topological polar surface area (TPSA) is 27.1 Å². The molecule has 0 aliphatic carbocycles. The number of nitrogens with zero attached hydrogens (tertiary/aromatic N) is 2. The second-order valence-corrected chi connectivity index (χ2v) is 6.29. The Morgan fingerprint density at radius 1 is 1.33 bits per heavy atom. The summed E-state index contributed by atoms with van der Waals surface area (Å²) in [6.45, 7) is 2.20. The molecule has 21 heavy (non-hydrogen) atoms. The molecule has 110 valence electrons. The molecule has 3 nitrogen and oxygen atoms in total. The SMILES string of the molecule is COc1cccc2c1nc(CCl)n2C(C)Cc1cccs1. The van der Waals surface area contributed by atoms with E-state index in [4.69, 9.17) is 16.3 Å². The average molecular weight is 321 g/mol. The number of rotatable bonds is 5. The van der Waals surface area contributed by atoms with Gasteiger partial charge < -0.3 is 9.30 Å². The number of benzene rings is 1. The third-order valence-electron chi connectivity index (χ3n) is 3.61. The lowest BCUT2D eigenvalue weighted by Gasteiger charge is -2.16. The molecule has 3 rings (SSSR count). The van der Waals surface area contributed by atoms with Crippen molar-refractivity contribution >= 4 is 34.0 Å². The van der Waals surface area contributed by atoms with Crippen LogP contribution in [0.1, 0.15) is 23.7 Å². The predicted octanol–water partition coefficient (Wildman–Crippen LogP) is 4.65. The molecule has 1 atom stereocenters. The Kier molecular flexibility index (Phi) is 4.17. The van der Waals surface area contributed by atoms with Gasteiger partial charge in [0.25, 0.3) is 0 Å². The maximum absolute atomic E-state index is 6.10. The largest absolute Gasteiger partial charge is 0.494 e. The Balaban J connectivity index is 2.07. The van der Waals surface area contributed by atoms with Crippen LogP contribution in [0.3, 0.4) is 0 Å². The van der Waals surface area contributed by atoms with E-state index in [-0.39, 0.29) is 0 Å². The number of methoxy groups -OCH3 is 1. The number of hydrogen-bond donors (Lipinski definition) is 0. The second-order valence-electron chi connectivity index (χ2n) is 4.99. The fourth-order valence-corrected chi connectivity index (χ4v) is 3.72. The smallest absolute Gasteiger partial charge is 0.146 e. The number of fused-ring (bicyclic) bond motifs is 1. The highest BCUT2D eigenvalue weighted by Gasteiger charge is 2.18. The van der Waals surface area contributed by atoms with Crippen molar-refractivity contribution in [3.05, 3.63) is 46.4 Å². The summed E-state index contributed by atoms with van der Waals surface area (Å²) < 4.78 is 7.64. The first kappa shape index (κ1) is 14.4. The Labute approximate surface area is 133 Å². The highest BCUT2D eigenvalue weighted by Crippen LogP contribution is 2.30. The monoisotopic (exact) mass is 320 g/mol. The van der Waals surface area contributed by atoms with Crippen LogP contribution in [0, 0.1) is 0 Å². The van der Waals surface area contributed by atoms with Crippen LogP contribution >= 0.6 is 22.9 Å². The van der Waals surface area contributed by atoms with Gasteiger partial charge in [0.15, 0.2) is 0 Å². The molecule has 5 heteroatoms. The van der Waals surface area contributed by atoms with Crippen LogP contribution in [-0.2, 0) is 12.3 Å². The van der Waals surface area contributed by atoms with Crippen molar-refractivity contribution in [3.8, 4) is 5.75 Å². The number of thiophene rings is 1. The Morgan fingerprint density at radius 2 is 2.19 bits per heavy atom. The summed E-state index contributed by atoms with van der Waals surface area (Å²) in [7, 11) is 1.67. The summed E-state index contributed by atoms with van der Waals surface area (Å²) in [6, 6.07) is 10.6. The second kappa shape index (κ2) is 6.08. The standard InChI is InChI=1S/C16H17ClN2OS/c1-11(9-12-5-4-8-21-12)19-13-6-3-7-14(20-2)16(13)18-15(19)10-17/h3-8,11H,9-10H2,1-2H3. The van der Waals surface area contributed by atoms with Crippen molar-refractivity contribution in [1.82, 2.24) is 9.55 Å². The molecule has 0 amide bonds. The normalized spacial score (nSPS) is 12.7. The first-order valence-corrected chi connectivity index (χ1v) is 8.28. The summed E-state index contributed by atoms with van der Waals surface area (Å²) in [6.07, 6.45) is 0.976. The average Bonchev–Trinajstić information content (AvgIpc) is 3.12. The summed E-state index contributed by atoms with van der Waals surface area (Å²) >= 11 is 7.89. The van der Waals surface area contributed by atoms with Gasteiger partial charge in [-0.3, -0.25) is 0 Å². The molecule has 0 N–H and O–H groups in total. The van der Waals surface area contributed by atoms with E-state index in [2.05, 4.69) is 40.1 Å². The fraction of sp³-hybridized carbons (Fsp3) is 0.312. The molecule has 3 aromatic rings. The minimum absolute atomic E-state index is 0.300. The molecular weight excluding hydrogens is 304 g/mol. The number of alkyl halides is 1. The number of para-hydroxylation sites is 1. The fourth-order valence-electron chi connectivity index (χ4n) is 2.70. The van der Waals surface area contributed by atoms with Crippen LogP contribution in [0.15, 0.2) is 35.7 Å². The first-order valence-electron chi connectivity index (χ1n) is 6.86. The van der Waals surface area contributed by atoms with E-state index in [0.29, 0.717) is 11.9 Å². The molecule has 0 fully saturated rings. The molecule has 2 heterocycles. The predicted molar refractivity (Wildman–Crippen MR) is 88.6 cm³/mol. The Bertz CT molecular complexity index is 736. The molecule has 0 radical (unpaired) electrons. The molecule has 1 unspecified atom stereocenters. The van der Waals surface area contributed by atoms with E-state index in [1.54, 1.807) is 18.4 Å². The quantitative estimate of drug-likeness (QED) is 0.640. The number of imidazole rings is 1. The van der Waals surface area contributed by atoms with E-state index >= 15 is 0 Å². The van der Waals surface area contributed by atoms with Gasteiger partial charge in [0.05, 0.1) is 18.5 Å². The number of halogens is 1. The lowest BCUT2D eigenvalue weighted by Crippen LogP contribution is -2.10. The summed E-state index contributed by atoms with van der Waals surface area (Å²) in [5.41, 5.74) is 1.96. The van der Waals surface area contributed by atoms with Crippen LogP contribution in [0.2, 0.25) is 0 Å². The van der Waals surface area contributed by atoms with Gasteiger partial charge >= 0.3 is 0 Å². The van der Waals surface area contributed by atoms with Crippen molar-refractivity contribution in [2.75, 3.05) is 7.11 Å². The third-order valence-corrected chi connectivity index (χ3v) is 4.75. The van der Waals surface area contributed by atoms with Crippen molar-refractivity contribution in [1.29, 1.82) is 0 Å². The van der Waals surface area contributed by atoms with Crippen LogP contribution in [0.4, 0.5) is 0 Å². The first-order chi connectivity index (χ1) is 10.2. The lowest BCUT2D eigenvalue weighted by atomic mass is 10.2. The van der Waals surface area contributed by atoms with E-state index in [9.17, 15) is 0 Å². The number of aromatic nitrogens is 2. The van der Waals surface area contributed by atoms with Crippen molar-refractivity contribution in [3.63, 3.8) is 0 Å². The van der Waals surface area contributed by atoms with Crippen molar-refractivity contribution in [2.24, 2.45) is 0 Å². The molecule has 0 aliphatic rings. The highest BCUT2D eigenvalue weighted by atomic mass is 35.5. The van der Waals surface area contributed by atoms with Crippen LogP contribution in [0.25, 0.3) is 11.0 Å². The van der Waals surface area contributed by atoms with E-state index in [0.717, 1.165) is 29.0 Å². The molecule has 0 spiro atoms. The maximum Gasteiger partial charge on any atom is 0.146 e. The van der Waals surface area contributed by atoms with Crippen LogP contribution in [-0.4, -0.2) is 16.7 Å². The van der Waals surface area contributed by atoms with Gasteiger partial charge in [-0.1, -0.05) is 12.1 Å². The minimum atomic E-state index is 0.300. The summed E-state index contributed by atoms with van der Waals surface area (Å²) in [5, 5.41) is 2.11. The van der Waals surface area contributed by atoms with Gasteiger partial charge in [-0.25, -0.2) is 4.98 Å². The van der Waals surface area contributed by atoms with Gasteiger partial charge in [0.1, 0.15) is 17.1 Å². The molecule has 1 aromatic carbocycles. The highest BCUT2D eigenvalue weighted by molar-refractivity contribution is 7.09. The van der Waals surface area contributed by atoms with E-state index in [1.165, 1.54) is 4.88 Å². The third kappa shape index (κ3) is 2.65. The number of hydrogen-bond acceptors (Lipinski definition) is 3. The zero-order valence-corrected chi connectivity index (χ0v) is 13.6. The van der Waals surface area contributed by atoms with Crippen molar-refractivity contribution in [2.45, 2.75) is 25.3 Å². The Morgan fingerprint density at radius 3 is 2.86 bits per heavy atom. The van der Waals surface area contributed by atoms with Crippen LogP contribution < -0.4 is 4.74 Å². The molecule has 0 saturated carbocycles. The number of ether oxygens (including phenoxy) is 1. The van der Waals surface area contributed by atoms with Gasteiger partial charge in [0, 0.05) is 17.3 Å². The minimum Gasteiger partial charge on any atom is -0.494 e. The van der Waals surface area contributed by atoms with E-state index in [1.807, 2.05) is 12.1 Å². The molecule has 2 aromatic heterocycles. The van der Waals surface area contributed by atoms with Crippen LogP contribution in [0.5, 0.6) is 5.75 Å². The summed E-state index contributed by atoms with van der Waals surface area (Å²) in [4.78, 5) is 6.03. The lowest BCUT2D eigenvalue weighted by molar-refractivity contribution is 0.419. The van der Waals surface area contributed by atoms with Gasteiger partial charge in [-0.15, -0.1) is 22.9 Å². The van der Waals surface area contributed by atoms with Gasteiger partial charge in [-0.2, -0.15) is 0 Å². The maximum atomic E-state index is 6.10. The molecular formula is C16H17ClN2OS. The molecule has 0 saturated heterocycles. The van der Waals surface area contributed by atoms with Gasteiger partial charge in [0.2, 0.25) is 0 Å². The Hall–Kier alpha value is -1.52. The summed E-state index contributed by atoms with van der Waals surface area (Å²) in [5.74, 6) is 2.08.